The normalized spacial score (nSPS) is 27.9. The second-order valence-corrected chi connectivity index (χ2v) is 9.54. The van der Waals surface area contributed by atoms with E-state index >= 15 is 0 Å². The first-order valence-corrected chi connectivity index (χ1v) is 9.62. The summed E-state index contributed by atoms with van der Waals surface area (Å²) in [5.41, 5.74) is 5.67. The Kier molecular flexibility index (Phi) is 2.98. The number of benzene rings is 2. The third kappa shape index (κ3) is 2.18. The van der Waals surface area contributed by atoms with Crippen molar-refractivity contribution in [2.24, 2.45) is 11.3 Å². The van der Waals surface area contributed by atoms with E-state index in [1.807, 2.05) is 0 Å². The number of Topliss-reactive ketones (excluding diaryl/α,β-unsaturated/α-hetero) is 1. The van der Waals surface area contributed by atoms with Crippen molar-refractivity contribution in [3.05, 3.63) is 58.7 Å². The Labute approximate surface area is 150 Å². The SMILES string of the molecule is CC(C)(C)c1ccc2cc3c(cc2c1)CC(=O)C1(CC2=CCC1C2)C3. The van der Waals surface area contributed by atoms with Gasteiger partial charge in [0.05, 0.1) is 0 Å². The lowest BCUT2D eigenvalue weighted by Crippen LogP contribution is -2.42. The standard InChI is InChI=1S/C24H26O/c1-23(2,3)20-7-5-16-9-19-14-24(13-15-4-6-21(24)8-15)22(25)12-18(19)10-17(16)11-20/h4-5,7,9-11,21H,6,8,12-14H2,1-3H3. The lowest BCUT2D eigenvalue weighted by Gasteiger charge is -2.39. The molecule has 1 spiro atoms. The van der Waals surface area contributed by atoms with Gasteiger partial charge < -0.3 is 0 Å². The summed E-state index contributed by atoms with van der Waals surface area (Å²) in [5, 5.41) is 2.60. The van der Waals surface area contributed by atoms with Crippen molar-refractivity contribution in [2.45, 2.75) is 58.3 Å². The molecule has 1 fully saturated rings. The molecule has 1 nitrogen and oxygen atoms in total. The topological polar surface area (TPSA) is 17.1 Å². The van der Waals surface area contributed by atoms with E-state index in [4.69, 9.17) is 0 Å². The van der Waals surface area contributed by atoms with Crippen molar-refractivity contribution in [1.82, 2.24) is 0 Å². The van der Waals surface area contributed by atoms with Crippen LogP contribution in [0.25, 0.3) is 10.8 Å². The molecule has 5 rings (SSSR count). The zero-order valence-corrected chi connectivity index (χ0v) is 15.5. The third-order valence-electron chi connectivity index (χ3n) is 6.96. The van der Waals surface area contributed by atoms with Crippen LogP contribution in [0, 0.1) is 11.3 Å². The van der Waals surface area contributed by atoms with Crippen LogP contribution >= 0.6 is 0 Å². The molecule has 3 aliphatic carbocycles. The van der Waals surface area contributed by atoms with Crippen LogP contribution in [0.15, 0.2) is 42.0 Å². The number of hydrogen-bond donors (Lipinski definition) is 0. The largest absolute Gasteiger partial charge is 0.299 e. The molecule has 2 aromatic carbocycles. The van der Waals surface area contributed by atoms with Crippen molar-refractivity contribution in [3.63, 3.8) is 0 Å². The molecule has 0 saturated heterocycles. The molecule has 2 atom stereocenters. The lowest BCUT2D eigenvalue weighted by atomic mass is 9.63. The predicted molar refractivity (Wildman–Crippen MR) is 103 cm³/mol. The van der Waals surface area contributed by atoms with E-state index < -0.39 is 0 Å². The highest BCUT2D eigenvalue weighted by Crippen LogP contribution is 2.57. The summed E-state index contributed by atoms with van der Waals surface area (Å²) < 4.78 is 0. The molecule has 1 heteroatoms. The fraction of sp³-hybridized carbons (Fsp3) is 0.458. The first-order valence-electron chi connectivity index (χ1n) is 9.62. The highest BCUT2D eigenvalue weighted by Gasteiger charge is 2.53. The Bertz CT molecular complexity index is 940. The van der Waals surface area contributed by atoms with E-state index in [9.17, 15) is 4.79 Å². The van der Waals surface area contributed by atoms with Crippen LogP contribution in [0.3, 0.4) is 0 Å². The highest BCUT2D eigenvalue weighted by atomic mass is 16.1. The second kappa shape index (κ2) is 4.84. The maximum absolute atomic E-state index is 13.1. The molecule has 3 aliphatic rings. The minimum absolute atomic E-state index is 0.0733. The van der Waals surface area contributed by atoms with Crippen LogP contribution in [-0.2, 0) is 23.1 Å². The van der Waals surface area contributed by atoms with Gasteiger partial charge in [0.15, 0.2) is 0 Å². The third-order valence-corrected chi connectivity index (χ3v) is 6.96. The lowest BCUT2D eigenvalue weighted by molar-refractivity contribution is -0.131. The zero-order valence-electron chi connectivity index (χ0n) is 15.5. The molecule has 0 N–H and O–H groups in total. The molecule has 0 heterocycles. The van der Waals surface area contributed by atoms with E-state index in [2.05, 4.69) is 57.2 Å². The molecule has 2 bridgehead atoms. The summed E-state index contributed by atoms with van der Waals surface area (Å²) in [5.74, 6) is 1.07. The minimum Gasteiger partial charge on any atom is -0.299 e. The first kappa shape index (κ1) is 15.4. The summed E-state index contributed by atoms with van der Waals surface area (Å²) in [6.45, 7) is 6.76. The van der Waals surface area contributed by atoms with Crippen molar-refractivity contribution >= 4 is 16.6 Å². The maximum Gasteiger partial charge on any atom is 0.144 e. The van der Waals surface area contributed by atoms with Crippen LogP contribution in [-0.4, -0.2) is 5.78 Å². The van der Waals surface area contributed by atoms with Gasteiger partial charge in [-0.05, 0) is 64.5 Å². The molecule has 128 valence electrons. The van der Waals surface area contributed by atoms with Crippen molar-refractivity contribution in [2.75, 3.05) is 0 Å². The summed E-state index contributed by atoms with van der Waals surface area (Å²) in [4.78, 5) is 13.1. The van der Waals surface area contributed by atoms with E-state index in [-0.39, 0.29) is 10.8 Å². The molecular formula is C24H26O. The Hall–Kier alpha value is -1.89. The zero-order chi connectivity index (χ0) is 17.4. The van der Waals surface area contributed by atoms with Crippen molar-refractivity contribution < 1.29 is 4.79 Å². The summed E-state index contributed by atoms with van der Waals surface area (Å²) in [7, 11) is 0. The molecule has 2 unspecified atom stereocenters. The molecule has 1 saturated carbocycles. The van der Waals surface area contributed by atoms with Gasteiger partial charge in [-0.1, -0.05) is 62.8 Å². The first-order chi connectivity index (χ1) is 11.8. The fourth-order valence-electron chi connectivity index (χ4n) is 5.42. The second-order valence-electron chi connectivity index (χ2n) is 9.54. The smallest absolute Gasteiger partial charge is 0.144 e. The molecule has 0 aromatic heterocycles. The predicted octanol–water partition coefficient (Wildman–Crippen LogP) is 5.53. The van der Waals surface area contributed by atoms with Crippen LogP contribution in [0.4, 0.5) is 0 Å². The number of carbonyl (C=O) groups excluding carboxylic acids is 1. The van der Waals surface area contributed by atoms with Crippen LogP contribution < -0.4 is 0 Å². The van der Waals surface area contributed by atoms with Crippen LogP contribution in [0.5, 0.6) is 0 Å². The van der Waals surface area contributed by atoms with Gasteiger partial charge in [0.1, 0.15) is 5.78 Å². The van der Waals surface area contributed by atoms with E-state index in [0.29, 0.717) is 18.1 Å². The number of rotatable bonds is 0. The number of ketones is 1. The van der Waals surface area contributed by atoms with Gasteiger partial charge in [0.25, 0.3) is 0 Å². The van der Waals surface area contributed by atoms with Gasteiger partial charge in [0, 0.05) is 11.8 Å². The average Bonchev–Trinajstić information content (AvgIpc) is 3.14. The van der Waals surface area contributed by atoms with Gasteiger partial charge in [-0.2, -0.15) is 0 Å². The van der Waals surface area contributed by atoms with E-state index in [1.165, 1.54) is 39.5 Å². The number of carbonyl (C=O) groups is 1. The van der Waals surface area contributed by atoms with Gasteiger partial charge >= 0.3 is 0 Å². The quantitative estimate of drug-likeness (QED) is 0.580. The Morgan fingerprint density at radius 3 is 2.48 bits per heavy atom. The molecule has 0 radical (unpaired) electrons. The van der Waals surface area contributed by atoms with Crippen molar-refractivity contribution in [1.29, 1.82) is 0 Å². The molecule has 0 amide bonds. The Morgan fingerprint density at radius 2 is 1.80 bits per heavy atom. The summed E-state index contributed by atoms with van der Waals surface area (Å²) in [6.07, 6.45) is 7.29. The molecular weight excluding hydrogens is 304 g/mol. The number of fused-ring (bicyclic) bond motifs is 5. The summed E-state index contributed by atoms with van der Waals surface area (Å²) in [6, 6.07) is 11.5. The Morgan fingerprint density at radius 1 is 1.00 bits per heavy atom. The monoisotopic (exact) mass is 330 g/mol. The molecule has 0 aliphatic heterocycles. The van der Waals surface area contributed by atoms with E-state index in [0.717, 1.165) is 19.3 Å². The number of allylic oxidation sites excluding steroid dienone is 2. The van der Waals surface area contributed by atoms with E-state index in [1.54, 1.807) is 0 Å². The van der Waals surface area contributed by atoms with Gasteiger partial charge in [0.2, 0.25) is 0 Å². The van der Waals surface area contributed by atoms with Gasteiger partial charge in [-0.3, -0.25) is 4.79 Å². The summed E-state index contributed by atoms with van der Waals surface area (Å²) >= 11 is 0. The average molecular weight is 330 g/mol. The fourth-order valence-corrected chi connectivity index (χ4v) is 5.42. The molecule has 2 aromatic rings. The number of hydrogen-bond acceptors (Lipinski definition) is 1. The van der Waals surface area contributed by atoms with Gasteiger partial charge in [-0.15, -0.1) is 0 Å². The molecule has 25 heavy (non-hydrogen) atoms. The van der Waals surface area contributed by atoms with Crippen LogP contribution in [0.1, 0.15) is 56.7 Å². The van der Waals surface area contributed by atoms with Crippen molar-refractivity contribution in [3.8, 4) is 0 Å². The Balaban J connectivity index is 1.60. The van der Waals surface area contributed by atoms with Crippen LogP contribution in [0.2, 0.25) is 0 Å². The minimum atomic E-state index is -0.0733. The van der Waals surface area contributed by atoms with Gasteiger partial charge in [-0.25, -0.2) is 0 Å². The highest BCUT2D eigenvalue weighted by molar-refractivity contribution is 5.93. The maximum atomic E-state index is 13.1.